The van der Waals surface area contributed by atoms with E-state index in [1.54, 1.807) is 7.11 Å². The number of hydrogen-bond donors (Lipinski definition) is 1. The molecule has 2 aromatic rings. The van der Waals surface area contributed by atoms with Crippen molar-refractivity contribution in [3.05, 3.63) is 59.7 Å². The van der Waals surface area contributed by atoms with E-state index in [1.165, 1.54) is 0 Å². The zero-order valence-electron chi connectivity index (χ0n) is 13.2. The Morgan fingerprint density at radius 1 is 1.26 bits per heavy atom. The van der Waals surface area contributed by atoms with Crippen molar-refractivity contribution in [2.75, 3.05) is 20.3 Å². The van der Waals surface area contributed by atoms with Gasteiger partial charge in [0, 0.05) is 6.54 Å². The van der Waals surface area contributed by atoms with Gasteiger partial charge in [-0.2, -0.15) is 0 Å². The summed E-state index contributed by atoms with van der Waals surface area (Å²) in [6.45, 7) is 1.06. The van der Waals surface area contributed by atoms with Crippen molar-refractivity contribution in [3.8, 4) is 11.5 Å². The highest BCUT2D eigenvalue weighted by Gasteiger charge is 2.25. The number of carbonyl (C=O) groups is 1. The third kappa shape index (κ3) is 3.83. The van der Waals surface area contributed by atoms with Gasteiger partial charge >= 0.3 is 0 Å². The first kappa shape index (κ1) is 15.4. The lowest BCUT2D eigenvalue weighted by molar-refractivity contribution is -0.126. The average Bonchev–Trinajstić information content (AvgIpc) is 2.61. The van der Waals surface area contributed by atoms with Gasteiger partial charge in [-0.3, -0.25) is 4.79 Å². The number of ether oxygens (including phenoxy) is 2. The molecule has 2 aromatic carbocycles. The van der Waals surface area contributed by atoms with E-state index < -0.39 is 0 Å². The van der Waals surface area contributed by atoms with Crippen molar-refractivity contribution in [2.24, 2.45) is 5.92 Å². The Labute approximate surface area is 136 Å². The van der Waals surface area contributed by atoms with E-state index in [0.29, 0.717) is 13.2 Å². The van der Waals surface area contributed by atoms with Crippen LogP contribution in [0.1, 0.15) is 11.1 Å². The van der Waals surface area contributed by atoms with Crippen LogP contribution in [0, 0.1) is 5.92 Å². The number of amides is 1. The summed E-state index contributed by atoms with van der Waals surface area (Å²) >= 11 is 0. The fraction of sp³-hybridized carbons (Fsp3) is 0.316. The standard InChI is InChI=1S/C19H21NO3/c1-22-17-7-4-5-14(11-17)9-10-20-19(21)16-12-15-6-2-3-8-18(15)23-13-16/h2-8,11,16H,9-10,12-13H2,1H3,(H,20,21). The molecule has 0 aliphatic carbocycles. The Morgan fingerprint density at radius 2 is 2.13 bits per heavy atom. The zero-order valence-corrected chi connectivity index (χ0v) is 13.2. The average molecular weight is 311 g/mol. The third-order valence-corrected chi connectivity index (χ3v) is 4.10. The van der Waals surface area contributed by atoms with Gasteiger partial charge in [-0.15, -0.1) is 0 Å². The van der Waals surface area contributed by atoms with Crippen LogP contribution in [-0.4, -0.2) is 26.2 Å². The van der Waals surface area contributed by atoms with E-state index in [0.717, 1.165) is 35.5 Å². The minimum Gasteiger partial charge on any atom is -0.497 e. The molecule has 0 spiro atoms. The van der Waals surface area contributed by atoms with Crippen LogP contribution in [0.4, 0.5) is 0 Å². The molecule has 3 rings (SSSR count). The maximum atomic E-state index is 12.3. The highest BCUT2D eigenvalue weighted by Crippen LogP contribution is 2.26. The lowest BCUT2D eigenvalue weighted by atomic mass is 9.96. The molecule has 1 aliphatic heterocycles. The summed E-state index contributed by atoms with van der Waals surface area (Å²) < 4.78 is 10.9. The van der Waals surface area contributed by atoms with E-state index in [1.807, 2.05) is 48.5 Å². The smallest absolute Gasteiger partial charge is 0.226 e. The number of fused-ring (bicyclic) bond motifs is 1. The van der Waals surface area contributed by atoms with Crippen LogP contribution in [0.5, 0.6) is 11.5 Å². The fourth-order valence-corrected chi connectivity index (χ4v) is 2.80. The molecule has 1 amide bonds. The highest BCUT2D eigenvalue weighted by atomic mass is 16.5. The topological polar surface area (TPSA) is 47.6 Å². The molecule has 1 unspecified atom stereocenters. The zero-order chi connectivity index (χ0) is 16.1. The third-order valence-electron chi connectivity index (χ3n) is 4.10. The van der Waals surface area contributed by atoms with Crippen LogP contribution in [0.2, 0.25) is 0 Å². The molecular weight excluding hydrogens is 290 g/mol. The number of hydrogen-bond acceptors (Lipinski definition) is 3. The summed E-state index contributed by atoms with van der Waals surface area (Å²) in [4.78, 5) is 12.3. The summed E-state index contributed by atoms with van der Waals surface area (Å²) in [6, 6.07) is 15.8. The Balaban J connectivity index is 1.50. The van der Waals surface area contributed by atoms with Crippen molar-refractivity contribution in [1.82, 2.24) is 5.32 Å². The summed E-state index contributed by atoms with van der Waals surface area (Å²) in [5.74, 6) is 1.68. The van der Waals surface area contributed by atoms with Gasteiger partial charge in [-0.25, -0.2) is 0 Å². The first-order valence-corrected chi connectivity index (χ1v) is 7.87. The largest absolute Gasteiger partial charge is 0.497 e. The lowest BCUT2D eigenvalue weighted by Crippen LogP contribution is -2.38. The molecule has 23 heavy (non-hydrogen) atoms. The van der Waals surface area contributed by atoms with E-state index in [2.05, 4.69) is 5.32 Å². The number of para-hydroxylation sites is 1. The van der Waals surface area contributed by atoms with Crippen molar-refractivity contribution >= 4 is 5.91 Å². The van der Waals surface area contributed by atoms with E-state index in [4.69, 9.17) is 9.47 Å². The summed E-state index contributed by atoms with van der Waals surface area (Å²) in [5, 5.41) is 3.01. The highest BCUT2D eigenvalue weighted by molar-refractivity contribution is 5.79. The Morgan fingerprint density at radius 3 is 3.00 bits per heavy atom. The molecule has 0 aromatic heterocycles. The van der Waals surface area contributed by atoms with Crippen LogP contribution < -0.4 is 14.8 Å². The van der Waals surface area contributed by atoms with E-state index in [9.17, 15) is 4.79 Å². The Hall–Kier alpha value is -2.49. The Bertz CT molecular complexity index is 684. The molecule has 1 aliphatic rings. The summed E-state index contributed by atoms with van der Waals surface area (Å²) in [7, 11) is 1.65. The van der Waals surface area contributed by atoms with Crippen LogP contribution in [-0.2, 0) is 17.6 Å². The quantitative estimate of drug-likeness (QED) is 0.923. The van der Waals surface area contributed by atoms with Gasteiger partial charge in [-0.1, -0.05) is 30.3 Å². The van der Waals surface area contributed by atoms with Gasteiger partial charge in [-0.05, 0) is 42.2 Å². The molecule has 4 heteroatoms. The van der Waals surface area contributed by atoms with Crippen molar-refractivity contribution in [3.63, 3.8) is 0 Å². The lowest BCUT2D eigenvalue weighted by Gasteiger charge is -2.24. The van der Waals surface area contributed by atoms with Crippen LogP contribution >= 0.6 is 0 Å². The molecule has 0 fully saturated rings. The first-order chi connectivity index (χ1) is 11.3. The fourth-order valence-electron chi connectivity index (χ4n) is 2.80. The van der Waals surface area contributed by atoms with E-state index in [-0.39, 0.29) is 11.8 Å². The normalized spacial score (nSPS) is 16.1. The number of benzene rings is 2. The molecule has 1 atom stereocenters. The molecule has 0 radical (unpaired) electrons. The summed E-state index contributed by atoms with van der Waals surface area (Å²) in [5.41, 5.74) is 2.25. The Kier molecular flexibility index (Phi) is 4.81. The molecule has 0 bridgehead atoms. The van der Waals surface area contributed by atoms with E-state index >= 15 is 0 Å². The van der Waals surface area contributed by atoms with Gasteiger partial charge in [0.2, 0.25) is 5.91 Å². The van der Waals surface area contributed by atoms with Crippen molar-refractivity contribution in [2.45, 2.75) is 12.8 Å². The maximum absolute atomic E-state index is 12.3. The SMILES string of the molecule is COc1cccc(CCNC(=O)C2COc3ccccc3C2)c1. The molecule has 1 N–H and O–H groups in total. The monoisotopic (exact) mass is 311 g/mol. The maximum Gasteiger partial charge on any atom is 0.226 e. The molecular formula is C19H21NO3. The minimum absolute atomic E-state index is 0.0578. The predicted octanol–water partition coefficient (Wildman–Crippen LogP) is 2.61. The van der Waals surface area contributed by atoms with Crippen LogP contribution in [0.3, 0.4) is 0 Å². The summed E-state index contributed by atoms with van der Waals surface area (Å²) in [6.07, 6.45) is 1.52. The van der Waals surface area contributed by atoms with Gasteiger partial charge in [0.1, 0.15) is 18.1 Å². The number of nitrogens with one attached hydrogen (secondary N) is 1. The number of methoxy groups -OCH3 is 1. The minimum atomic E-state index is -0.116. The van der Waals surface area contributed by atoms with Gasteiger partial charge in [0.25, 0.3) is 0 Å². The number of carbonyl (C=O) groups excluding carboxylic acids is 1. The molecule has 1 heterocycles. The second-order valence-corrected chi connectivity index (χ2v) is 5.71. The van der Waals surface area contributed by atoms with Crippen LogP contribution in [0.15, 0.2) is 48.5 Å². The molecule has 120 valence electrons. The van der Waals surface area contributed by atoms with Crippen molar-refractivity contribution < 1.29 is 14.3 Å². The molecule has 0 saturated heterocycles. The second-order valence-electron chi connectivity index (χ2n) is 5.71. The first-order valence-electron chi connectivity index (χ1n) is 7.87. The van der Waals surface area contributed by atoms with Crippen molar-refractivity contribution in [1.29, 1.82) is 0 Å². The predicted molar refractivity (Wildman–Crippen MR) is 88.8 cm³/mol. The second kappa shape index (κ2) is 7.18. The number of rotatable bonds is 5. The molecule has 0 saturated carbocycles. The van der Waals surface area contributed by atoms with Gasteiger partial charge in [0.15, 0.2) is 0 Å². The van der Waals surface area contributed by atoms with Crippen LogP contribution in [0.25, 0.3) is 0 Å². The van der Waals surface area contributed by atoms with Gasteiger partial charge in [0.05, 0.1) is 13.0 Å². The molecule has 4 nitrogen and oxygen atoms in total. The van der Waals surface area contributed by atoms with Gasteiger partial charge < -0.3 is 14.8 Å².